The third-order valence-corrected chi connectivity index (χ3v) is 2.88. The van der Waals surface area contributed by atoms with Crippen LogP contribution >= 0.6 is 0 Å². The van der Waals surface area contributed by atoms with Gasteiger partial charge < -0.3 is 9.84 Å². The van der Waals surface area contributed by atoms with E-state index in [4.69, 9.17) is 9.84 Å². The minimum atomic E-state index is -0.991. The summed E-state index contributed by atoms with van der Waals surface area (Å²) in [5.74, 6) is -0.676. The zero-order chi connectivity index (χ0) is 15.2. The van der Waals surface area contributed by atoms with E-state index in [-0.39, 0.29) is 11.4 Å². The lowest BCUT2D eigenvalue weighted by Crippen LogP contribution is -1.99. The molecule has 108 valence electrons. The quantitative estimate of drug-likeness (QED) is 0.842. The second-order valence-electron chi connectivity index (χ2n) is 4.38. The molecule has 0 radical (unpaired) electrons. The van der Waals surface area contributed by atoms with E-state index >= 15 is 0 Å². The number of carbonyl (C=O) groups is 1. The zero-order valence-electron chi connectivity index (χ0n) is 11.5. The average Bonchev–Trinajstić information content (AvgIpc) is 2.48. The predicted molar refractivity (Wildman–Crippen MR) is 79.9 cm³/mol. The summed E-state index contributed by atoms with van der Waals surface area (Å²) in [5.41, 5.74) is 1.68. The van der Waals surface area contributed by atoms with Crippen molar-refractivity contribution in [3.05, 3.63) is 65.0 Å². The van der Waals surface area contributed by atoms with Crippen LogP contribution in [0.25, 0.3) is 12.2 Å². The van der Waals surface area contributed by atoms with Gasteiger partial charge in [-0.15, -0.1) is 0 Å². The van der Waals surface area contributed by atoms with Gasteiger partial charge in [0, 0.05) is 5.56 Å². The van der Waals surface area contributed by atoms with Crippen molar-refractivity contribution >= 4 is 18.1 Å². The molecule has 0 heterocycles. The van der Waals surface area contributed by atoms with Gasteiger partial charge in [-0.3, -0.25) is 0 Å². The van der Waals surface area contributed by atoms with Crippen LogP contribution in [-0.4, -0.2) is 17.7 Å². The molecule has 2 rings (SSSR count). The first-order valence-electron chi connectivity index (χ1n) is 6.54. The smallest absolute Gasteiger partial charge is 0.335 e. The van der Waals surface area contributed by atoms with E-state index in [1.165, 1.54) is 18.2 Å². The molecule has 3 nitrogen and oxygen atoms in total. The fourth-order valence-corrected chi connectivity index (χ4v) is 1.86. The summed E-state index contributed by atoms with van der Waals surface area (Å²) in [4.78, 5) is 11.0. The lowest BCUT2D eigenvalue weighted by Gasteiger charge is -2.08. The molecule has 0 atom stereocenters. The van der Waals surface area contributed by atoms with Gasteiger partial charge in [0.2, 0.25) is 0 Å². The van der Waals surface area contributed by atoms with E-state index in [0.717, 1.165) is 5.56 Å². The molecular formula is C17H15FO3. The van der Waals surface area contributed by atoms with E-state index < -0.39 is 5.97 Å². The highest BCUT2D eigenvalue weighted by atomic mass is 19.1. The Balaban J connectivity index is 2.33. The highest BCUT2D eigenvalue weighted by Gasteiger charge is 2.07. The molecule has 0 aliphatic heterocycles. The summed E-state index contributed by atoms with van der Waals surface area (Å²) in [6.45, 7) is 2.35. The first-order valence-corrected chi connectivity index (χ1v) is 6.54. The second-order valence-corrected chi connectivity index (χ2v) is 4.38. The maximum absolute atomic E-state index is 12.8. The maximum Gasteiger partial charge on any atom is 0.335 e. The highest BCUT2D eigenvalue weighted by molar-refractivity contribution is 5.89. The van der Waals surface area contributed by atoms with Crippen LogP contribution < -0.4 is 4.74 Å². The number of ether oxygens (including phenoxy) is 1. The molecule has 0 spiro atoms. The normalized spacial score (nSPS) is 10.8. The van der Waals surface area contributed by atoms with Crippen LogP contribution in [0.1, 0.15) is 28.4 Å². The molecule has 0 aliphatic rings. The molecule has 0 fully saturated rings. The molecule has 0 bridgehead atoms. The summed E-state index contributed by atoms with van der Waals surface area (Å²) >= 11 is 0. The number of hydrogen-bond acceptors (Lipinski definition) is 2. The molecule has 0 aliphatic carbocycles. The Labute approximate surface area is 122 Å². The van der Waals surface area contributed by atoms with Gasteiger partial charge in [0.1, 0.15) is 11.6 Å². The topological polar surface area (TPSA) is 46.5 Å². The number of aromatic carboxylic acids is 1. The van der Waals surface area contributed by atoms with Crippen LogP contribution in [0.3, 0.4) is 0 Å². The van der Waals surface area contributed by atoms with E-state index in [1.807, 2.05) is 6.92 Å². The van der Waals surface area contributed by atoms with Crippen LogP contribution in [0.2, 0.25) is 0 Å². The Bertz CT molecular complexity index is 660. The first kappa shape index (κ1) is 14.8. The second kappa shape index (κ2) is 6.70. The van der Waals surface area contributed by atoms with Gasteiger partial charge in [-0.05, 0) is 42.8 Å². The Morgan fingerprint density at radius 2 is 1.90 bits per heavy atom. The molecule has 2 aromatic rings. The molecule has 21 heavy (non-hydrogen) atoms. The molecule has 0 amide bonds. The van der Waals surface area contributed by atoms with E-state index in [0.29, 0.717) is 17.9 Å². The summed E-state index contributed by atoms with van der Waals surface area (Å²) in [7, 11) is 0. The number of benzene rings is 2. The number of carboxylic acid groups (broad SMARTS) is 1. The molecule has 4 heteroatoms. The monoisotopic (exact) mass is 286 g/mol. The van der Waals surface area contributed by atoms with Crippen LogP contribution in [0.5, 0.6) is 5.75 Å². The van der Waals surface area contributed by atoms with Gasteiger partial charge in [-0.2, -0.15) is 0 Å². The SMILES string of the molecule is CCOc1ccc(C(=O)O)cc1/C=C/c1ccc(F)cc1. The number of rotatable bonds is 5. The Morgan fingerprint density at radius 1 is 1.19 bits per heavy atom. The van der Waals surface area contributed by atoms with E-state index in [2.05, 4.69) is 0 Å². The lowest BCUT2D eigenvalue weighted by molar-refractivity contribution is 0.0697. The van der Waals surface area contributed by atoms with Crippen molar-refractivity contribution in [2.75, 3.05) is 6.61 Å². The average molecular weight is 286 g/mol. The van der Waals surface area contributed by atoms with Gasteiger partial charge in [0.15, 0.2) is 0 Å². The van der Waals surface area contributed by atoms with Crippen molar-refractivity contribution in [1.82, 2.24) is 0 Å². The molecule has 0 unspecified atom stereocenters. The fourth-order valence-electron chi connectivity index (χ4n) is 1.86. The molecule has 2 aromatic carbocycles. The highest BCUT2D eigenvalue weighted by Crippen LogP contribution is 2.23. The standard InChI is InChI=1S/C17H15FO3/c1-2-21-16-10-7-14(17(19)20)11-13(16)6-3-12-4-8-15(18)9-5-12/h3-11H,2H2,1H3,(H,19,20)/b6-3+. The number of halogens is 1. The van der Waals surface area contributed by atoms with Gasteiger partial charge in [0.05, 0.1) is 12.2 Å². The Kier molecular flexibility index (Phi) is 4.72. The Morgan fingerprint density at radius 3 is 2.52 bits per heavy atom. The summed E-state index contributed by atoms with van der Waals surface area (Å²) < 4.78 is 18.3. The minimum Gasteiger partial charge on any atom is -0.493 e. The molecule has 0 saturated heterocycles. The van der Waals surface area contributed by atoms with Crippen LogP contribution in [-0.2, 0) is 0 Å². The van der Waals surface area contributed by atoms with Crippen molar-refractivity contribution in [1.29, 1.82) is 0 Å². The Hall–Kier alpha value is -2.62. The van der Waals surface area contributed by atoms with Crippen LogP contribution in [0.4, 0.5) is 4.39 Å². The summed E-state index contributed by atoms with van der Waals surface area (Å²) in [5, 5.41) is 9.04. The first-order chi connectivity index (χ1) is 10.1. The van der Waals surface area contributed by atoms with E-state index in [1.54, 1.807) is 36.4 Å². The number of carboxylic acids is 1. The lowest BCUT2D eigenvalue weighted by atomic mass is 10.1. The third-order valence-electron chi connectivity index (χ3n) is 2.88. The predicted octanol–water partition coefficient (Wildman–Crippen LogP) is 4.09. The largest absolute Gasteiger partial charge is 0.493 e. The third kappa shape index (κ3) is 3.92. The molecule has 0 aromatic heterocycles. The zero-order valence-corrected chi connectivity index (χ0v) is 11.5. The van der Waals surface area contributed by atoms with Crippen molar-refractivity contribution in [3.63, 3.8) is 0 Å². The van der Waals surface area contributed by atoms with Crippen molar-refractivity contribution < 1.29 is 19.0 Å². The molecule has 1 N–H and O–H groups in total. The molecular weight excluding hydrogens is 271 g/mol. The number of hydrogen-bond donors (Lipinski definition) is 1. The van der Waals surface area contributed by atoms with E-state index in [9.17, 15) is 9.18 Å². The fraction of sp³-hybridized carbons (Fsp3) is 0.118. The van der Waals surface area contributed by atoms with Crippen LogP contribution in [0.15, 0.2) is 42.5 Å². The van der Waals surface area contributed by atoms with Crippen molar-refractivity contribution in [3.8, 4) is 5.75 Å². The van der Waals surface area contributed by atoms with Crippen molar-refractivity contribution in [2.45, 2.75) is 6.92 Å². The van der Waals surface area contributed by atoms with Gasteiger partial charge in [-0.25, -0.2) is 9.18 Å². The molecule has 0 saturated carbocycles. The van der Waals surface area contributed by atoms with Gasteiger partial charge in [0.25, 0.3) is 0 Å². The minimum absolute atomic E-state index is 0.192. The maximum atomic E-state index is 12.8. The summed E-state index contributed by atoms with van der Waals surface area (Å²) in [6, 6.07) is 10.7. The van der Waals surface area contributed by atoms with Gasteiger partial charge >= 0.3 is 5.97 Å². The van der Waals surface area contributed by atoms with Crippen molar-refractivity contribution in [2.24, 2.45) is 0 Å². The van der Waals surface area contributed by atoms with Gasteiger partial charge in [-0.1, -0.05) is 24.3 Å². The van der Waals surface area contributed by atoms with Crippen LogP contribution in [0, 0.1) is 5.82 Å². The summed E-state index contributed by atoms with van der Waals surface area (Å²) in [6.07, 6.45) is 3.54.